The van der Waals surface area contributed by atoms with Crippen molar-refractivity contribution in [3.05, 3.63) is 23.3 Å². The van der Waals surface area contributed by atoms with Crippen LogP contribution in [-0.2, 0) is 12.6 Å². The molecule has 0 aromatic heterocycles. The van der Waals surface area contributed by atoms with Crippen LogP contribution in [0.1, 0.15) is 24.0 Å². The van der Waals surface area contributed by atoms with Crippen molar-refractivity contribution in [3.63, 3.8) is 0 Å². The van der Waals surface area contributed by atoms with Gasteiger partial charge in [-0.1, -0.05) is 6.07 Å². The fourth-order valence-corrected chi connectivity index (χ4v) is 1.51. The van der Waals surface area contributed by atoms with Gasteiger partial charge in [0, 0.05) is 0 Å². The monoisotopic (exact) mass is 249 g/mol. The number of phenolic OH excluding ortho intramolecular Hbond substituents is 2. The smallest absolute Gasteiger partial charge is 0.420 e. The first-order valence-electron chi connectivity index (χ1n) is 5.19. The minimum atomic E-state index is -4.67. The zero-order chi connectivity index (χ0) is 13.1. The summed E-state index contributed by atoms with van der Waals surface area (Å²) in [6, 6.07) is 1.95. The maximum atomic E-state index is 12.4. The van der Waals surface area contributed by atoms with E-state index in [1.54, 1.807) is 0 Å². The molecule has 0 saturated heterocycles. The van der Waals surface area contributed by atoms with Gasteiger partial charge < -0.3 is 15.9 Å². The number of hydrogen-bond acceptors (Lipinski definition) is 3. The Labute approximate surface area is 96.7 Å². The predicted molar refractivity (Wildman–Crippen MR) is 56.8 cm³/mol. The van der Waals surface area contributed by atoms with Gasteiger partial charge >= 0.3 is 6.18 Å². The van der Waals surface area contributed by atoms with Crippen molar-refractivity contribution >= 4 is 0 Å². The minimum absolute atomic E-state index is 0.295. The van der Waals surface area contributed by atoms with Crippen LogP contribution in [0.4, 0.5) is 13.2 Å². The Balaban J connectivity index is 2.95. The third-order valence-electron chi connectivity index (χ3n) is 2.44. The van der Waals surface area contributed by atoms with Crippen LogP contribution < -0.4 is 5.73 Å². The lowest BCUT2D eigenvalue weighted by atomic mass is 10.0. The Morgan fingerprint density at radius 1 is 1.06 bits per heavy atom. The van der Waals surface area contributed by atoms with Crippen LogP contribution in [0, 0.1) is 0 Å². The van der Waals surface area contributed by atoms with Crippen LogP contribution in [0.5, 0.6) is 11.5 Å². The van der Waals surface area contributed by atoms with Gasteiger partial charge in [-0.05, 0) is 37.4 Å². The van der Waals surface area contributed by atoms with Gasteiger partial charge in [-0.25, -0.2) is 0 Å². The van der Waals surface area contributed by atoms with E-state index in [9.17, 15) is 23.4 Å². The molecule has 0 amide bonds. The van der Waals surface area contributed by atoms with Gasteiger partial charge in [0.15, 0.2) is 11.5 Å². The van der Waals surface area contributed by atoms with Crippen LogP contribution in [-0.4, -0.2) is 16.8 Å². The molecule has 6 heteroatoms. The van der Waals surface area contributed by atoms with Crippen molar-refractivity contribution in [3.8, 4) is 11.5 Å². The predicted octanol–water partition coefficient (Wildman–Crippen LogP) is 2.40. The first kappa shape index (κ1) is 13.6. The maximum Gasteiger partial charge on any atom is 0.420 e. The summed E-state index contributed by atoms with van der Waals surface area (Å²) in [4.78, 5) is 0. The number of aromatic hydroxyl groups is 2. The topological polar surface area (TPSA) is 66.5 Å². The number of aryl methyl sites for hydroxylation is 1. The number of phenols is 2. The Kier molecular flexibility index (Phi) is 4.22. The summed E-state index contributed by atoms with van der Waals surface area (Å²) in [5.41, 5.74) is 4.35. The summed E-state index contributed by atoms with van der Waals surface area (Å²) >= 11 is 0. The number of hydrogen-bond donors (Lipinski definition) is 3. The number of halogens is 3. The van der Waals surface area contributed by atoms with Crippen LogP contribution >= 0.6 is 0 Å². The van der Waals surface area contributed by atoms with Crippen molar-refractivity contribution < 1.29 is 23.4 Å². The van der Waals surface area contributed by atoms with Crippen molar-refractivity contribution in [2.24, 2.45) is 5.73 Å². The highest BCUT2D eigenvalue weighted by Crippen LogP contribution is 2.42. The average molecular weight is 249 g/mol. The Hall–Kier alpha value is -1.43. The second kappa shape index (κ2) is 5.27. The molecule has 0 saturated carbocycles. The molecule has 1 aromatic carbocycles. The van der Waals surface area contributed by atoms with E-state index < -0.39 is 23.2 Å². The quantitative estimate of drug-likeness (QED) is 0.567. The lowest BCUT2D eigenvalue weighted by molar-refractivity contribution is -0.138. The highest BCUT2D eigenvalue weighted by molar-refractivity contribution is 5.51. The van der Waals surface area contributed by atoms with Gasteiger partial charge in [0.05, 0.1) is 0 Å². The SMILES string of the molecule is NCCCCc1ccc(C(F)(F)F)c(O)c1O. The molecule has 4 N–H and O–H groups in total. The lowest BCUT2D eigenvalue weighted by Crippen LogP contribution is -2.06. The van der Waals surface area contributed by atoms with E-state index in [4.69, 9.17) is 5.73 Å². The molecule has 0 aliphatic heterocycles. The van der Waals surface area contributed by atoms with E-state index in [2.05, 4.69) is 0 Å². The van der Waals surface area contributed by atoms with Crippen LogP contribution in [0.2, 0.25) is 0 Å². The van der Waals surface area contributed by atoms with Gasteiger partial charge in [0.2, 0.25) is 0 Å². The van der Waals surface area contributed by atoms with E-state index >= 15 is 0 Å². The second-order valence-corrected chi connectivity index (χ2v) is 3.71. The molecule has 0 fully saturated rings. The number of benzene rings is 1. The van der Waals surface area contributed by atoms with E-state index in [-0.39, 0.29) is 0 Å². The largest absolute Gasteiger partial charge is 0.504 e. The first-order valence-corrected chi connectivity index (χ1v) is 5.19. The average Bonchev–Trinajstić information content (AvgIpc) is 2.23. The summed E-state index contributed by atoms with van der Waals surface area (Å²) in [5, 5.41) is 18.7. The summed E-state index contributed by atoms with van der Waals surface area (Å²) < 4.78 is 37.1. The highest BCUT2D eigenvalue weighted by atomic mass is 19.4. The molecule has 1 rings (SSSR count). The number of unbranched alkanes of at least 4 members (excludes halogenated alkanes) is 1. The number of alkyl halides is 3. The summed E-state index contributed by atoms with van der Waals surface area (Å²) in [6.45, 7) is 0.480. The van der Waals surface area contributed by atoms with Crippen molar-refractivity contribution in [1.82, 2.24) is 0 Å². The fraction of sp³-hybridized carbons (Fsp3) is 0.455. The van der Waals surface area contributed by atoms with E-state index in [0.717, 1.165) is 6.07 Å². The molecule has 96 valence electrons. The van der Waals surface area contributed by atoms with Crippen LogP contribution in [0.25, 0.3) is 0 Å². The van der Waals surface area contributed by atoms with E-state index in [1.165, 1.54) is 6.07 Å². The van der Waals surface area contributed by atoms with Gasteiger partial charge in [-0.3, -0.25) is 0 Å². The van der Waals surface area contributed by atoms with E-state index in [1.807, 2.05) is 0 Å². The zero-order valence-corrected chi connectivity index (χ0v) is 9.09. The third-order valence-corrected chi connectivity index (χ3v) is 2.44. The summed E-state index contributed by atoms with van der Waals surface area (Å²) in [5.74, 6) is -1.81. The molecule has 0 atom stereocenters. The lowest BCUT2D eigenvalue weighted by Gasteiger charge is -2.12. The highest BCUT2D eigenvalue weighted by Gasteiger charge is 2.35. The molecule has 1 aromatic rings. The van der Waals surface area contributed by atoms with Gasteiger partial charge in [0.25, 0.3) is 0 Å². The molecule has 0 unspecified atom stereocenters. The molecular weight excluding hydrogens is 235 g/mol. The molecule has 0 bridgehead atoms. The molecule has 17 heavy (non-hydrogen) atoms. The van der Waals surface area contributed by atoms with Crippen molar-refractivity contribution in [2.75, 3.05) is 6.54 Å². The third kappa shape index (κ3) is 3.26. The molecule has 0 spiro atoms. The van der Waals surface area contributed by atoms with Crippen LogP contribution in [0.15, 0.2) is 12.1 Å². The van der Waals surface area contributed by atoms with Gasteiger partial charge in [-0.2, -0.15) is 13.2 Å². The first-order chi connectivity index (χ1) is 7.88. The molecule has 0 heterocycles. The Morgan fingerprint density at radius 2 is 1.71 bits per heavy atom. The van der Waals surface area contributed by atoms with Gasteiger partial charge in [0.1, 0.15) is 5.56 Å². The van der Waals surface area contributed by atoms with E-state index in [0.29, 0.717) is 31.4 Å². The summed E-state index contributed by atoms with van der Waals surface area (Å²) in [6.07, 6.45) is -2.93. The molecule has 0 radical (unpaired) electrons. The number of rotatable bonds is 4. The maximum absolute atomic E-state index is 12.4. The van der Waals surface area contributed by atoms with Crippen molar-refractivity contribution in [2.45, 2.75) is 25.4 Å². The fourth-order valence-electron chi connectivity index (χ4n) is 1.51. The summed E-state index contributed by atoms with van der Waals surface area (Å²) in [7, 11) is 0. The molecular formula is C11H14F3NO2. The van der Waals surface area contributed by atoms with Crippen LogP contribution in [0.3, 0.4) is 0 Å². The van der Waals surface area contributed by atoms with Gasteiger partial charge in [-0.15, -0.1) is 0 Å². The number of nitrogens with two attached hydrogens (primary N) is 1. The Bertz CT molecular complexity index is 391. The molecule has 3 nitrogen and oxygen atoms in total. The van der Waals surface area contributed by atoms with Crippen molar-refractivity contribution in [1.29, 1.82) is 0 Å². The molecule has 0 aliphatic rings. The molecule has 0 aliphatic carbocycles. The Morgan fingerprint density at radius 3 is 2.24 bits per heavy atom. The minimum Gasteiger partial charge on any atom is -0.504 e. The standard InChI is InChI=1S/C11H14F3NO2/c12-11(13,14)8-5-4-7(3-1-2-6-15)9(16)10(8)17/h4-5,16-17H,1-3,6,15H2. The zero-order valence-electron chi connectivity index (χ0n) is 9.09. The normalized spacial score (nSPS) is 11.8. The second-order valence-electron chi connectivity index (χ2n) is 3.71.